The van der Waals surface area contributed by atoms with Crippen LogP contribution in [0.25, 0.3) is 0 Å². The molecule has 2 N–H and O–H groups in total. The van der Waals surface area contributed by atoms with E-state index in [-0.39, 0.29) is 29.6 Å². The van der Waals surface area contributed by atoms with Crippen molar-refractivity contribution in [2.45, 2.75) is 51.9 Å². The molecule has 0 fully saturated rings. The number of unbranched alkanes of at least 4 members (excludes halogenated alkanes) is 6. The molecule has 0 aliphatic rings. The molecule has 0 radical (unpaired) electrons. The molecule has 0 aromatic heterocycles. The van der Waals surface area contributed by atoms with Gasteiger partial charge in [-0.25, -0.2) is 0 Å². The van der Waals surface area contributed by atoms with Crippen LogP contribution in [-0.2, 0) is 0 Å². The monoisotopic (exact) mass is 167 g/mol. The van der Waals surface area contributed by atoms with Gasteiger partial charge in [0.05, 0.1) is 0 Å². The number of nitrogens with two attached hydrogens (primary N) is 1. The third-order valence-corrected chi connectivity index (χ3v) is 1.81. The van der Waals surface area contributed by atoms with Crippen LogP contribution in [0.4, 0.5) is 0 Å². The molecular formula is C9H22NNa. The van der Waals surface area contributed by atoms with E-state index in [0.717, 1.165) is 6.54 Å². The van der Waals surface area contributed by atoms with E-state index in [0.29, 0.717) is 0 Å². The van der Waals surface area contributed by atoms with E-state index in [1.54, 1.807) is 0 Å². The van der Waals surface area contributed by atoms with Crippen LogP contribution in [0.5, 0.6) is 0 Å². The Morgan fingerprint density at radius 3 is 1.73 bits per heavy atom. The summed E-state index contributed by atoms with van der Waals surface area (Å²) in [6, 6.07) is 0. The van der Waals surface area contributed by atoms with E-state index in [1.807, 2.05) is 0 Å². The van der Waals surface area contributed by atoms with Crippen LogP contribution >= 0.6 is 0 Å². The summed E-state index contributed by atoms with van der Waals surface area (Å²) in [4.78, 5) is 0. The van der Waals surface area contributed by atoms with Gasteiger partial charge < -0.3 is 5.73 Å². The SMILES string of the molecule is CCCCCCCCCN.[NaH]. The Balaban J connectivity index is 0. The first-order valence-electron chi connectivity index (χ1n) is 4.62. The van der Waals surface area contributed by atoms with E-state index >= 15 is 0 Å². The normalized spacial score (nSPS) is 9.27. The van der Waals surface area contributed by atoms with Crippen molar-refractivity contribution in [3.8, 4) is 0 Å². The summed E-state index contributed by atoms with van der Waals surface area (Å²) in [7, 11) is 0. The van der Waals surface area contributed by atoms with Crippen molar-refractivity contribution in [1.29, 1.82) is 0 Å². The number of hydrogen-bond acceptors (Lipinski definition) is 1. The fourth-order valence-electron chi connectivity index (χ4n) is 1.10. The molecule has 0 aromatic carbocycles. The molecule has 0 aliphatic heterocycles. The minimum absolute atomic E-state index is 0. The second kappa shape index (κ2) is 13.5. The van der Waals surface area contributed by atoms with Crippen molar-refractivity contribution < 1.29 is 0 Å². The third-order valence-electron chi connectivity index (χ3n) is 1.81. The van der Waals surface area contributed by atoms with E-state index in [1.165, 1.54) is 44.9 Å². The number of rotatable bonds is 7. The molecule has 0 aliphatic carbocycles. The molecule has 0 spiro atoms. The second-order valence-electron chi connectivity index (χ2n) is 2.91. The molecule has 0 rings (SSSR count). The van der Waals surface area contributed by atoms with Gasteiger partial charge in [-0.05, 0) is 13.0 Å². The fourth-order valence-corrected chi connectivity index (χ4v) is 1.10. The van der Waals surface area contributed by atoms with Crippen LogP contribution in [0, 0.1) is 0 Å². The van der Waals surface area contributed by atoms with Gasteiger partial charge in [0, 0.05) is 0 Å². The summed E-state index contributed by atoms with van der Waals surface area (Å²) >= 11 is 0. The van der Waals surface area contributed by atoms with Crippen molar-refractivity contribution in [3.63, 3.8) is 0 Å². The molecular weight excluding hydrogens is 145 g/mol. The third kappa shape index (κ3) is 13.9. The zero-order valence-corrected chi connectivity index (χ0v) is 7.23. The Kier molecular flexibility index (Phi) is 17.8. The molecule has 11 heavy (non-hydrogen) atoms. The maximum atomic E-state index is 5.37. The van der Waals surface area contributed by atoms with E-state index < -0.39 is 0 Å². The summed E-state index contributed by atoms with van der Waals surface area (Å²) in [6.45, 7) is 3.12. The van der Waals surface area contributed by atoms with Crippen LogP contribution in [0.1, 0.15) is 51.9 Å². The molecule has 0 amide bonds. The first kappa shape index (κ1) is 14.5. The van der Waals surface area contributed by atoms with Gasteiger partial charge in [-0.1, -0.05) is 45.4 Å². The Bertz CT molecular complexity index is 49.5. The van der Waals surface area contributed by atoms with Crippen LogP contribution in [0.3, 0.4) is 0 Å². The van der Waals surface area contributed by atoms with E-state index in [9.17, 15) is 0 Å². The summed E-state index contributed by atoms with van der Waals surface area (Å²) in [6.07, 6.45) is 9.51. The molecule has 2 heteroatoms. The maximum absolute atomic E-state index is 5.37. The average molecular weight is 167 g/mol. The van der Waals surface area contributed by atoms with Gasteiger partial charge in [0.15, 0.2) is 0 Å². The van der Waals surface area contributed by atoms with E-state index in [4.69, 9.17) is 5.73 Å². The van der Waals surface area contributed by atoms with Gasteiger partial charge in [-0.15, -0.1) is 0 Å². The molecule has 1 nitrogen and oxygen atoms in total. The molecule has 0 aromatic rings. The number of hydrogen-bond donors (Lipinski definition) is 1. The van der Waals surface area contributed by atoms with Gasteiger partial charge in [0.25, 0.3) is 0 Å². The Hall–Kier alpha value is 0.960. The molecule has 0 saturated heterocycles. The quantitative estimate of drug-likeness (QED) is 0.456. The molecule has 0 bridgehead atoms. The van der Waals surface area contributed by atoms with Gasteiger partial charge >= 0.3 is 29.6 Å². The van der Waals surface area contributed by atoms with Crippen LogP contribution in [0.15, 0.2) is 0 Å². The van der Waals surface area contributed by atoms with Crippen molar-refractivity contribution in [1.82, 2.24) is 0 Å². The van der Waals surface area contributed by atoms with Crippen LogP contribution in [0.2, 0.25) is 0 Å². The van der Waals surface area contributed by atoms with E-state index in [2.05, 4.69) is 6.92 Å². The Labute approximate surface area is 93.4 Å². The zero-order chi connectivity index (χ0) is 7.66. The molecule has 0 heterocycles. The second-order valence-corrected chi connectivity index (χ2v) is 2.91. The van der Waals surface area contributed by atoms with Gasteiger partial charge in [0.1, 0.15) is 0 Å². The van der Waals surface area contributed by atoms with Crippen molar-refractivity contribution in [2.24, 2.45) is 5.73 Å². The molecule has 0 atom stereocenters. The van der Waals surface area contributed by atoms with Crippen molar-refractivity contribution >= 4 is 29.6 Å². The first-order valence-corrected chi connectivity index (χ1v) is 4.62. The predicted octanol–water partition coefficient (Wildman–Crippen LogP) is 2.05. The summed E-state index contributed by atoms with van der Waals surface area (Å²) < 4.78 is 0. The molecule has 0 saturated carbocycles. The van der Waals surface area contributed by atoms with Crippen molar-refractivity contribution in [2.75, 3.05) is 6.54 Å². The zero-order valence-electron chi connectivity index (χ0n) is 7.23. The Morgan fingerprint density at radius 2 is 1.27 bits per heavy atom. The van der Waals surface area contributed by atoms with Crippen LogP contribution < -0.4 is 5.73 Å². The topological polar surface area (TPSA) is 26.0 Å². The standard InChI is InChI=1S/C9H21N.Na.H/c1-2-3-4-5-6-7-8-9-10;;/h2-10H2,1H3;;. The molecule has 0 unspecified atom stereocenters. The minimum atomic E-state index is 0. The predicted molar refractivity (Wildman–Crippen MR) is 54.2 cm³/mol. The van der Waals surface area contributed by atoms with Gasteiger partial charge in [0.2, 0.25) is 0 Å². The average Bonchev–Trinajstić information content (AvgIpc) is 1.97. The first-order chi connectivity index (χ1) is 4.91. The Morgan fingerprint density at radius 1 is 0.818 bits per heavy atom. The molecule has 64 valence electrons. The summed E-state index contributed by atoms with van der Waals surface area (Å²) in [5.74, 6) is 0. The van der Waals surface area contributed by atoms with Gasteiger partial charge in [-0.2, -0.15) is 0 Å². The summed E-state index contributed by atoms with van der Waals surface area (Å²) in [5, 5.41) is 0. The van der Waals surface area contributed by atoms with Gasteiger partial charge in [-0.3, -0.25) is 0 Å². The summed E-state index contributed by atoms with van der Waals surface area (Å²) in [5.41, 5.74) is 5.37. The fraction of sp³-hybridized carbons (Fsp3) is 1.00. The van der Waals surface area contributed by atoms with Crippen molar-refractivity contribution in [3.05, 3.63) is 0 Å². The van der Waals surface area contributed by atoms with Crippen LogP contribution in [-0.4, -0.2) is 36.1 Å².